The molecule has 102 valence electrons. The van der Waals surface area contributed by atoms with Gasteiger partial charge >= 0.3 is 0 Å². The van der Waals surface area contributed by atoms with Crippen LogP contribution in [0.25, 0.3) is 0 Å². The standard InChI is InChI=1S/C11H7F5N2S/c12-6-7(13)9(15)11(10(16)8(6)14)18-2-1-5-17-3-4-19-5/h3-4,18H,1-2H2. The van der Waals surface area contributed by atoms with Crippen molar-refractivity contribution in [3.05, 3.63) is 45.7 Å². The SMILES string of the molecule is Fc1c(F)c(F)c(NCCc2nccs2)c(F)c1F. The van der Waals surface area contributed by atoms with Gasteiger partial charge in [-0.25, -0.2) is 26.9 Å². The molecule has 19 heavy (non-hydrogen) atoms. The predicted molar refractivity (Wildman–Crippen MR) is 60.5 cm³/mol. The summed E-state index contributed by atoms with van der Waals surface area (Å²) in [6.45, 7) is 0.00582. The highest BCUT2D eigenvalue weighted by atomic mass is 32.1. The van der Waals surface area contributed by atoms with Crippen LogP contribution in [0.1, 0.15) is 5.01 Å². The van der Waals surface area contributed by atoms with E-state index in [9.17, 15) is 22.0 Å². The number of anilines is 1. The Labute approximate surface area is 108 Å². The van der Waals surface area contributed by atoms with Crippen molar-refractivity contribution in [1.82, 2.24) is 4.98 Å². The normalized spacial score (nSPS) is 10.8. The van der Waals surface area contributed by atoms with Crippen molar-refractivity contribution in [3.63, 3.8) is 0 Å². The first kappa shape index (κ1) is 13.7. The van der Waals surface area contributed by atoms with E-state index in [1.807, 2.05) is 0 Å². The van der Waals surface area contributed by atoms with Crippen molar-refractivity contribution in [2.24, 2.45) is 0 Å². The fourth-order valence-electron chi connectivity index (χ4n) is 1.43. The summed E-state index contributed by atoms with van der Waals surface area (Å²) in [5.74, 6) is -9.82. The zero-order valence-corrected chi connectivity index (χ0v) is 10.1. The second-order valence-corrected chi connectivity index (χ2v) is 4.53. The zero-order chi connectivity index (χ0) is 14.0. The number of nitrogens with zero attached hydrogens (tertiary/aromatic N) is 1. The van der Waals surface area contributed by atoms with E-state index >= 15 is 0 Å². The number of hydrogen-bond donors (Lipinski definition) is 1. The molecule has 2 nitrogen and oxygen atoms in total. The van der Waals surface area contributed by atoms with E-state index in [1.165, 1.54) is 11.3 Å². The van der Waals surface area contributed by atoms with E-state index < -0.39 is 34.8 Å². The number of hydrogen-bond acceptors (Lipinski definition) is 3. The van der Waals surface area contributed by atoms with Crippen molar-refractivity contribution in [2.45, 2.75) is 6.42 Å². The molecule has 8 heteroatoms. The summed E-state index contributed by atoms with van der Waals surface area (Å²) < 4.78 is 65.1. The Morgan fingerprint density at radius 2 is 1.53 bits per heavy atom. The summed E-state index contributed by atoms with van der Waals surface area (Å²) >= 11 is 1.33. The Morgan fingerprint density at radius 1 is 0.947 bits per heavy atom. The van der Waals surface area contributed by atoms with E-state index in [0.717, 1.165) is 0 Å². The molecule has 0 aliphatic rings. The number of thiazole rings is 1. The van der Waals surface area contributed by atoms with Crippen LogP contribution >= 0.6 is 11.3 Å². The number of halogens is 5. The van der Waals surface area contributed by atoms with Gasteiger partial charge in [-0.05, 0) is 0 Å². The first-order valence-electron chi connectivity index (χ1n) is 5.16. The van der Waals surface area contributed by atoms with E-state index in [1.54, 1.807) is 11.6 Å². The number of nitrogens with one attached hydrogen (secondary N) is 1. The van der Waals surface area contributed by atoms with E-state index in [4.69, 9.17) is 0 Å². The van der Waals surface area contributed by atoms with Crippen LogP contribution in [0.3, 0.4) is 0 Å². The second kappa shape index (κ2) is 5.52. The van der Waals surface area contributed by atoms with Crippen LogP contribution in [0.4, 0.5) is 27.6 Å². The predicted octanol–water partition coefficient (Wildman–Crippen LogP) is 3.49. The minimum Gasteiger partial charge on any atom is -0.380 e. The molecule has 0 bridgehead atoms. The summed E-state index contributed by atoms with van der Waals surface area (Å²) in [5, 5.41) is 4.61. The lowest BCUT2D eigenvalue weighted by molar-refractivity contribution is 0.381. The molecule has 1 N–H and O–H groups in total. The number of rotatable bonds is 4. The molecule has 0 unspecified atom stereocenters. The van der Waals surface area contributed by atoms with Gasteiger partial charge in [0, 0.05) is 24.5 Å². The molecule has 0 saturated heterocycles. The monoisotopic (exact) mass is 294 g/mol. The average Bonchev–Trinajstić information content (AvgIpc) is 2.91. The molecule has 0 fully saturated rings. The maximum absolute atomic E-state index is 13.3. The summed E-state index contributed by atoms with van der Waals surface area (Å²) in [5.41, 5.74) is -1.02. The topological polar surface area (TPSA) is 24.9 Å². The van der Waals surface area contributed by atoms with Crippen molar-refractivity contribution < 1.29 is 22.0 Å². The number of benzene rings is 1. The zero-order valence-electron chi connectivity index (χ0n) is 9.31. The third kappa shape index (κ3) is 2.67. The quantitative estimate of drug-likeness (QED) is 0.530. The molecule has 1 heterocycles. The molecule has 2 aromatic rings. The molecule has 0 aliphatic carbocycles. The minimum absolute atomic E-state index is 0.00582. The smallest absolute Gasteiger partial charge is 0.200 e. The van der Waals surface area contributed by atoms with Crippen LogP contribution in [0.15, 0.2) is 11.6 Å². The van der Waals surface area contributed by atoms with Crippen LogP contribution in [0.5, 0.6) is 0 Å². The van der Waals surface area contributed by atoms with Gasteiger partial charge in [0.2, 0.25) is 5.82 Å². The van der Waals surface area contributed by atoms with Crippen molar-refractivity contribution in [2.75, 3.05) is 11.9 Å². The molecular formula is C11H7F5N2S. The van der Waals surface area contributed by atoms with E-state index in [0.29, 0.717) is 11.4 Å². The maximum atomic E-state index is 13.3. The molecule has 2 rings (SSSR count). The molecule has 1 aromatic heterocycles. The minimum atomic E-state index is -2.17. The maximum Gasteiger partial charge on any atom is 0.200 e. The number of aromatic nitrogens is 1. The van der Waals surface area contributed by atoms with Gasteiger partial charge in [-0.2, -0.15) is 0 Å². The van der Waals surface area contributed by atoms with Gasteiger partial charge in [-0.1, -0.05) is 0 Å². The Morgan fingerprint density at radius 3 is 2.05 bits per heavy atom. The highest BCUT2D eigenvalue weighted by molar-refractivity contribution is 7.09. The van der Waals surface area contributed by atoms with Crippen molar-refractivity contribution in [3.8, 4) is 0 Å². The van der Waals surface area contributed by atoms with Crippen molar-refractivity contribution in [1.29, 1.82) is 0 Å². The van der Waals surface area contributed by atoms with Crippen LogP contribution in [0.2, 0.25) is 0 Å². The van der Waals surface area contributed by atoms with Crippen molar-refractivity contribution >= 4 is 17.0 Å². The highest BCUT2D eigenvalue weighted by Gasteiger charge is 2.25. The van der Waals surface area contributed by atoms with E-state index in [2.05, 4.69) is 10.3 Å². The summed E-state index contributed by atoms with van der Waals surface area (Å²) in [6, 6.07) is 0. The molecule has 1 aromatic carbocycles. The molecule has 0 atom stereocenters. The summed E-state index contributed by atoms with van der Waals surface area (Å²) in [4.78, 5) is 3.92. The van der Waals surface area contributed by atoms with Crippen LogP contribution < -0.4 is 5.32 Å². The van der Waals surface area contributed by atoms with Gasteiger partial charge < -0.3 is 5.32 Å². The summed E-state index contributed by atoms with van der Waals surface area (Å²) in [7, 11) is 0. The highest BCUT2D eigenvalue weighted by Crippen LogP contribution is 2.27. The van der Waals surface area contributed by atoms with Gasteiger partial charge in [0.15, 0.2) is 23.3 Å². The van der Waals surface area contributed by atoms with Crippen LogP contribution in [-0.2, 0) is 6.42 Å². The van der Waals surface area contributed by atoms with Gasteiger partial charge in [0.05, 0.1) is 5.01 Å². The molecule has 0 spiro atoms. The van der Waals surface area contributed by atoms with Gasteiger partial charge in [-0.15, -0.1) is 11.3 Å². The third-order valence-electron chi connectivity index (χ3n) is 2.33. The van der Waals surface area contributed by atoms with Gasteiger partial charge in [0.1, 0.15) is 5.69 Å². The fraction of sp³-hybridized carbons (Fsp3) is 0.182. The average molecular weight is 294 g/mol. The van der Waals surface area contributed by atoms with Crippen LogP contribution in [-0.4, -0.2) is 11.5 Å². The Hall–Kier alpha value is -1.70. The molecular weight excluding hydrogens is 287 g/mol. The van der Waals surface area contributed by atoms with Gasteiger partial charge in [-0.3, -0.25) is 0 Å². The molecule has 0 radical (unpaired) electrons. The molecule has 0 amide bonds. The third-order valence-corrected chi connectivity index (χ3v) is 3.17. The lowest BCUT2D eigenvalue weighted by Gasteiger charge is -2.10. The largest absolute Gasteiger partial charge is 0.380 e. The second-order valence-electron chi connectivity index (χ2n) is 3.55. The lowest BCUT2D eigenvalue weighted by Crippen LogP contribution is -2.12. The first-order chi connectivity index (χ1) is 9.02. The Kier molecular flexibility index (Phi) is 3.98. The first-order valence-corrected chi connectivity index (χ1v) is 6.04. The Balaban J connectivity index is 2.16. The molecule has 0 aliphatic heterocycles. The fourth-order valence-corrected chi connectivity index (χ4v) is 2.05. The summed E-state index contributed by atoms with van der Waals surface area (Å²) in [6.07, 6.45) is 1.87. The van der Waals surface area contributed by atoms with E-state index in [-0.39, 0.29) is 6.54 Å². The lowest BCUT2D eigenvalue weighted by atomic mass is 10.2. The Bertz CT molecular complexity index is 556. The van der Waals surface area contributed by atoms with Crippen LogP contribution in [0, 0.1) is 29.1 Å². The molecule has 0 saturated carbocycles. The van der Waals surface area contributed by atoms with Gasteiger partial charge in [0.25, 0.3) is 0 Å².